The molecule has 0 radical (unpaired) electrons. The Kier molecular flexibility index (Phi) is 8.02. The highest BCUT2D eigenvalue weighted by molar-refractivity contribution is 7.85. The van der Waals surface area contributed by atoms with Gasteiger partial charge >= 0.3 is 21.2 Å². The van der Waals surface area contributed by atoms with Crippen molar-refractivity contribution in [2.24, 2.45) is 0 Å². The van der Waals surface area contributed by atoms with E-state index in [9.17, 15) is 45.0 Å². The van der Waals surface area contributed by atoms with Gasteiger partial charge in [-0.1, -0.05) is 18.2 Å². The smallest absolute Gasteiger partial charge is 0.357 e. The lowest BCUT2D eigenvalue weighted by molar-refractivity contribution is -0.597. The summed E-state index contributed by atoms with van der Waals surface area (Å²) in [5, 5.41) is 10.5. The number of halogens is 6. The van der Waals surface area contributed by atoms with E-state index in [-0.39, 0.29) is 31.8 Å². The molecule has 0 atom stereocenters. The van der Waals surface area contributed by atoms with Crippen LogP contribution in [0.5, 0.6) is 0 Å². The molecular formula is C18H9F5INO5S. The van der Waals surface area contributed by atoms with Crippen molar-refractivity contribution in [3.63, 3.8) is 0 Å². The van der Waals surface area contributed by atoms with Gasteiger partial charge in [0, 0.05) is 12.1 Å². The van der Waals surface area contributed by atoms with Crippen molar-refractivity contribution in [3.8, 4) is 0 Å². The molecule has 0 heterocycles. The molecule has 0 aliphatic carbocycles. The third-order valence-corrected chi connectivity index (χ3v) is 6.95. The van der Waals surface area contributed by atoms with E-state index in [0.29, 0.717) is 0 Å². The van der Waals surface area contributed by atoms with Crippen LogP contribution in [0.2, 0.25) is 0 Å². The molecule has 0 aliphatic rings. The Morgan fingerprint density at radius 2 is 1.13 bits per heavy atom. The maximum atomic E-state index is 12.6. The SMILES string of the molecule is O=S(=O)([O-])c1c(F)c(F)c(F)c(F)c1F.O=[N+]([O-])c1ccc([I+]c2ccccc2)cc1. The molecule has 0 spiro atoms. The van der Waals surface area contributed by atoms with Gasteiger partial charge in [0.2, 0.25) is 5.82 Å². The van der Waals surface area contributed by atoms with Crippen molar-refractivity contribution < 1.29 is 61.1 Å². The molecule has 6 nitrogen and oxygen atoms in total. The van der Waals surface area contributed by atoms with Crippen LogP contribution in [0.3, 0.4) is 0 Å². The minimum Gasteiger partial charge on any atom is -0.744 e. The van der Waals surface area contributed by atoms with Crippen LogP contribution in [-0.4, -0.2) is 17.9 Å². The highest BCUT2D eigenvalue weighted by Crippen LogP contribution is 2.26. The maximum Gasteiger partial charge on any atom is 0.357 e. The molecular weight excluding hydrogens is 564 g/mol. The summed E-state index contributed by atoms with van der Waals surface area (Å²) < 4.78 is 95.4. The van der Waals surface area contributed by atoms with Crippen molar-refractivity contribution in [2.75, 3.05) is 0 Å². The van der Waals surface area contributed by atoms with Crippen LogP contribution in [0.1, 0.15) is 0 Å². The molecule has 0 amide bonds. The van der Waals surface area contributed by atoms with Crippen LogP contribution in [0.25, 0.3) is 0 Å². The number of rotatable bonds is 4. The van der Waals surface area contributed by atoms with Crippen LogP contribution in [0, 0.1) is 46.3 Å². The van der Waals surface area contributed by atoms with Gasteiger partial charge in [0.25, 0.3) is 5.69 Å². The van der Waals surface area contributed by atoms with Crippen LogP contribution < -0.4 is 21.2 Å². The second-order valence-electron chi connectivity index (χ2n) is 5.48. The summed E-state index contributed by atoms with van der Waals surface area (Å²) in [7, 11) is -5.77. The minimum absolute atomic E-state index is 0.154. The van der Waals surface area contributed by atoms with Gasteiger partial charge < -0.3 is 4.55 Å². The zero-order valence-electron chi connectivity index (χ0n) is 14.9. The van der Waals surface area contributed by atoms with Gasteiger partial charge in [0.15, 0.2) is 30.4 Å². The Bertz CT molecular complexity index is 1180. The maximum absolute atomic E-state index is 12.6. The molecule has 13 heteroatoms. The van der Waals surface area contributed by atoms with Crippen molar-refractivity contribution in [1.82, 2.24) is 0 Å². The summed E-state index contributed by atoms with van der Waals surface area (Å²) >= 11 is -0.227. The van der Waals surface area contributed by atoms with Crippen molar-refractivity contribution in [2.45, 2.75) is 4.90 Å². The number of benzene rings is 3. The number of nitrogens with zero attached hydrogens (tertiary/aromatic N) is 1. The van der Waals surface area contributed by atoms with Crippen LogP contribution >= 0.6 is 0 Å². The third-order valence-electron chi connectivity index (χ3n) is 3.41. The molecule has 0 aromatic heterocycles. The first-order valence-electron chi connectivity index (χ1n) is 7.85. The lowest BCUT2D eigenvalue weighted by atomic mass is 10.3. The zero-order chi connectivity index (χ0) is 23.3. The molecule has 0 N–H and O–H groups in total. The van der Waals surface area contributed by atoms with Gasteiger partial charge in [-0.3, -0.25) is 10.1 Å². The monoisotopic (exact) mass is 573 g/mol. The molecule has 3 aromatic rings. The van der Waals surface area contributed by atoms with Crippen molar-refractivity contribution in [3.05, 3.63) is 101 Å². The van der Waals surface area contributed by atoms with E-state index in [2.05, 4.69) is 12.1 Å². The van der Waals surface area contributed by atoms with Gasteiger partial charge in [-0.2, -0.15) is 0 Å². The minimum atomic E-state index is -5.77. The van der Waals surface area contributed by atoms with Gasteiger partial charge in [0.1, 0.15) is 15.0 Å². The van der Waals surface area contributed by atoms with Gasteiger partial charge in [-0.15, -0.1) is 0 Å². The van der Waals surface area contributed by atoms with E-state index in [4.69, 9.17) is 0 Å². The fourth-order valence-corrected chi connectivity index (χ4v) is 4.87. The van der Waals surface area contributed by atoms with E-state index in [1.165, 1.54) is 7.14 Å². The zero-order valence-corrected chi connectivity index (χ0v) is 17.8. The summed E-state index contributed by atoms with van der Waals surface area (Å²) in [6.07, 6.45) is 0. The van der Waals surface area contributed by atoms with E-state index in [1.54, 1.807) is 12.1 Å². The van der Waals surface area contributed by atoms with Crippen LogP contribution in [-0.2, 0) is 10.1 Å². The molecule has 3 aromatic carbocycles. The summed E-state index contributed by atoms with van der Waals surface area (Å²) in [6, 6.07) is 17.0. The summed E-state index contributed by atoms with van der Waals surface area (Å²) in [5.41, 5.74) is 0.154. The molecule has 0 bridgehead atoms. The molecule has 0 saturated carbocycles. The van der Waals surface area contributed by atoms with Gasteiger partial charge in [-0.05, 0) is 24.3 Å². The number of non-ortho nitro benzene ring substituents is 1. The fourth-order valence-electron chi connectivity index (χ4n) is 2.03. The molecule has 0 aliphatic heterocycles. The topological polar surface area (TPSA) is 100 Å². The average Bonchev–Trinajstić information content (AvgIpc) is 2.71. The van der Waals surface area contributed by atoms with Gasteiger partial charge in [0.05, 0.1) is 4.92 Å². The Labute approximate surface area is 182 Å². The quantitative estimate of drug-likeness (QED) is 0.0883. The van der Waals surface area contributed by atoms with E-state index < -0.39 is 44.1 Å². The number of hydrogen-bond acceptors (Lipinski definition) is 5. The van der Waals surface area contributed by atoms with E-state index in [1.807, 2.05) is 30.3 Å². The molecule has 31 heavy (non-hydrogen) atoms. The second kappa shape index (κ2) is 10.1. The predicted octanol–water partition coefficient (Wildman–Crippen LogP) is 1.01. The average molecular weight is 573 g/mol. The normalized spacial score (nSPS) is 10.9. The Morgan fingerprint density at radius 3 is 1.55 bits per heavy atom. The molecule has 0 fully saturated rings. The highest BCUT2D eigenvalue weighted by atomic mass is 127. The van der Waals surface area contributed by atoms with Crippen molar-refractivity contribution >= 4 is 15.8 Å². The highest BCUT2D eigenvalue weighted by Gasteiger charge is 2.28. The van der Waals surface area contributed by atoms with E-state index in [0.717, 1.165) is 0 Å². The first-order valence-corrected chi connectivity index (χ1v) is 11.4. The van der Waals surface area contributed by atoms with E-state index >= 15 is 0 Å². The Balaban J connectivity index is 0.000000221. The lowest BCUT2D eigenvalue weighted by Crippen LogP contribution is -3.61. The lowest BCUT2D eigenvalue weighted by Gasteiger charge is -2.10. The molecule has 164 valence electrons. The molecule has 0 saturated heterocycles. The Hall–Kier alpha value is -2.65. The summed E-state index contributed by atoms with van der Waals surface area (Å²) in [5.74, 6) is -12.8. The first-order chi connectivity index (χ1) is 14.4. The number of nitro benzene ring substituents is 1. The summed E-state index contributed by atoms with van der Waals surface area (Å²) in [6.45, 7) is 0. The summed E-state index contributed by atoms with van der Waals surface area (Å²) in [4.78, 5) is 7.74. The molecule has 3 rings (SSSR count). The van der Waals surface area contributed by atoms with Crippen LogP contribution in [0.4, 0.5) is 27.6 Å². The second-order valence-corrected chi connectivity index (χ2v) is 9.82. The standard InChI is InChI=1S/C12H9INO2.C6HF5O3S/c15-14(16)12-8-6-11(7-9-12)13-10-4-2-1-3-5-10;7-1-2(8)4(10)6(15(12,13)14)5(11)3(1)9/h1-9H;(H,12,13,14)/q+1;/p-1. The molecule has 0 unspecified atom stereocenters. The third kappa shape index (κ3) is 6.18. The Morgan fingerprint density at radius 1 is 0.710 bits per heavy atom. The fraction of sp³-hybridized carbons (Fsp3) is 0. The van der Waals surface area contributed by atoms with Crippen LogP contribution in [0.15, 0.2) is 59.5 Å². The van der Waals surface area contributed by atoms with Gasteiger partial charge in [-0.25, -0.2) is 30.4 Å². The van der Waals surface area contributed by atoms with Crippen molar-refractivity contribution in [1.29, 1.82) is 0 Å². The predicted molar refractivity (Wildman–Crippen MR) is 91.1 cm³/mol. The number of nitro groups is 1. The first kappa shape index (κ1) is 24.6. The number of hydrogen-bond donors (Lipinski definition) is 0. The largest absolute Gasteiger partial charge is 0.744 e.